The Hall–Kier alpha value is -1.94. The molecule has 4 heteroatoms. The Bertz CT molecular complexity index is 473. The summed E-state index contributed by atoms with van der Waals surface area (Å²) in [5.74, 6) is 1.72. The van der Waals surface area contributed by atoms with Gasteiger partial charge < -0.3 is 10.1 Å². The maximum Gasteiger partial charge on any atom is 0.141 e. The molecule has 0 aliphatic rings. The lowest BCUT2D eigenvalue weighted by atomic mass is 10.1. The van der Waals surface area contributed by atoms with Crippen LogP contribution in [0.25, 0.3) is 0 Å². The van der Waals surface area contributed by atoms with Gasteiger partial charge in [0.05, 0.1) is 13.7 Å². The number of aromatic nitrogens is 2. The van der Waals surface area contributed by atoms with Crippen molar-refractivity contribution in [2.45, 2.75) is 13.0 Å². The number of benzene rings is 1. The van der Waals surface area contributed by atoms with E-state index in [0.29, 0.717) is 6.54 Å². The molecule has 1 aromatic carbocycles. The van der Waals surface area contributed by atoms with Crippen molar-refractivity contribution in [1.82, 2.24) is 15.3 Å². The van der Waals surface area contributed by atoms with Crippen LogP contribution in [0.15, 0.2) is 42.7 Å². The first-order valence-corrected chi connectivity index (χ1v) is 5.98. The van der Waals surface area contributed by atoms with Gasteiger partial charge in [0.1, 0.15) is 11.6 Å². The van der Waals surface area contributed by atoms with Crippen molar-refractivity contribution in [2.75, 3.05) is 13.7 Å². The number of rotatable bonds is 6. The van der Waals surface area contributed by atoms with Crippen molar-refractivity contribution in [3.63, 3.8) is 0 Å². The first kappa shape index (κ1) is 12.5. The lowest BCUT2D eigenvalue weighted by molar-refractivity contribution is 0.414. The van der Waals surface area contributed by atoms with E-state index in [1.165, 1.54) is 5.56 Å². The second kappa shape index (κ2) is 6.71. The molecule has 0 amide bonds. The fourth-order valence-corrected chi connectivity index (χ4v) is 1.68. The Labute approximate surface area is 107 Å². The molecule has 0 fully saturated rings. The Kier molecular flexibility index (Phi) is 4.67. The van der Waals surface area contributed by atoms with E-state index in [1.54, 1.807) is 19.5 Å². The van der Waals surface area contributed by atoms with Gasteiger partial charge in [-0.05, 0) is 36.7 Å². The molecule has 2 rings (SSSR count). The summed E-state index contributed by atoms with van der Waals surface area (Å²) in [5.41, 5.74) is 1.26. The van der Waals surface area contributed by atoms with Gasteiger partial charge in [-0.3, -0.25) is 0 Å². The molecule has 0 saturated carbocycles. The molecule has 0 aliphatic carbocycles. The standard InChI is InChI=1S/C14H17N3O/c1-18-13-5-2-4-12(10-13)6-9-15-11-14-16-7-3-8-17-14/h2-5,7-8,10,15H,6,9,11H2,1H3. The first-order chi connectivity index (χ1) is 8.88. The molecule has 0 saturated heterocycles. The zero-order valence-electron chi connectivity index (χ0n) is 10.5. The van der Waals surface area contributed by atoms with Crippen molar-refractivity contribution in [2.24, 2.45) is 0 Å². The third-order valence-electron chi connectivity index (χ3n) is 2.63. The Morgan fingerprint density at radius 2 is 2.00 bits per heavy atom. The summed E-state index contributed by atoms with van der Waals surface area (Å²) in [6, 6.07) is 9.94. The largest absolute Gasteiger partial charge is 0.497 e. The van der Waals surface area contributed by atoms with Gasteiger partial charge in [0.25, 0.3) is 0 Å². The zero-order chi connectivity index (χ0) is 12.6. The van der Waals surface area contributed by atoms with Gasteiger partial charge in [0.2, 0.25) is 0 Å². The van der Waals surface area contributed by atoms with Crippen LogP contribution in [0.3, 0.4) is 0 Å². The molecule has 18 heavy (non-hydrogen) atoms. The number of nitrogens with one attached hydrogen (secondary N) is 1. The van der Waals surface area contributed by atoms with E-state index in [4.69, 9.17) is 4.74 Å². The number of nitrogens with zero attached hydrogens (tertiary/aromatic N) is 2. The van der Waals surface area contributed by atoms with Crippen LogP contribution in [0.5, 0.6) is 5.75 Å². The smallest absolute Gasteiger partial charge is 0.141 e. The highest BCUT2D eigenvalue weighted by atomic mass is 16.5. The van der Waals surface area contributed by atoms with Gasteiger partial charge in [-0.1, -0.05) is 12.1 Å². The van der Waals surface area contributed by atoms with Crippen LogP contribution in [0.2, 0.25) is 0 Å². The Morgan fingerprint density at radius 1 is 1.17 bits per heavy atom. The average Bonchev–Trinajstić information content (AvgIpc) is 2.45. The molecule has 1 heterocycles. The van der Waals surface area contributed by atoms with Crippen molar-refractivity contribution in [1.29, 1.82) is 0 Å². The molecule has 0 spiro atoms. The lowest BCUT2D eigenvalue weighted by Crippen LogP contribution is -2.18. The van der Waals surface area contributed by atoms with Crippen LogP contribution in [-0.2, 0) is 13.0 Å². The van der Waals surface area contributed by atoms with E-state index in [2.05, 4.69) is 27.4 Å². The molecule has 0 bridgehead atoms. The molecule has 1 N–H and O–H groups in total. The summed E-state index contributed by atoms with van der Waals surface area (Å²) in [6.07, 6.45) is 4.47. The normalized spacial score (nSPS) is 10.3. The minimum Gasteiger partial charge on any atom is -0.497 e. The van der Waals surface area contributed by atoms with Crippen LogP contribution in [-0.4, -0.2) is 23.6 Å². The van der Waals surface area contributed by atoms with Crippen LogP contribution in [0, 0.1) is 0 Å². The second-order valence-electron chi connectivity index (χ2n) is 3.94. The van der Waals surface area contributed by atoms with Crippen molar-refractivity contribution >= 4 is 0 Å². The minimum absolute atomic E-state index is 0.699. The summed E-state index contributed by atoms with van der Waals surface area (Å²) in [7, 11) is 1.68. The number of methoxy groups -OCH3 is 1. The highest BCUT2D eigenvalue weighted by molar-refractivity contribution is 5.28. The molecule has 94 valence electrons. The second-order valence-corrected chi connectivity index (χ2v) is 3.94. The van der Waals surface area contributed by atoms with Gasteiger partial charge in [0, 0.05) is 12.4 Å². The van der Waals surface area contributed by atoms with Crippen molar-refractivity contribution < 1.29 is 4.74 Å². The molecule has 0 aliphatic heterocycles. The third kappa shape index (κ3) is 3.82. The van der Waals surface area contributed by atoms with Crippen molar-refractivity contribution in [3.8, 4) is 5.75 Å². The number of hydrogen-bond acceptors (Lipinski definition) is 4. The highest BCUT2D eigenvalue weighted by Crippen LogP contribution is 2.12. The monoisotopic (exact) mass is 243 g/mol. The molecule has 0 atom stereocenters. The summed E-state index contributed by atoms with van der Waals surface area (Å²) >= 11 is 0. The molecule has 0 unspecified atom stereocenters. The van der Waals surface area contributed by atoms with Crippen LogP contribution in [0.1, 0.15) is 11.4 Å². The predicted molar refractivity (Wildman–Crippen MR) is 70.4 cm³/mol. The molecule has 0 radical (unpaired) electrons. The fraction of sp³-hybridized carbons (Fsp3) is 0.286. The zero-order valence-corrected chi connectivity index (χ0v) is 10.5. The van der Waals surface area contributed by atoms with Gasteiger partial charge in [-0.2, -0.15) is 0 Å². The SMILES string of the molecule is COc1cccc(CCNCc2ncccn2)c1. The summed E-state index contributed by atoms with van der Waals surface area (Å²) in [6.45, 7) is 1.59. The van der Waals surface area contributed by atoms with Gasteiger partial charge >= 0.3 is 0 Å². The van der Waals surface area contributed by atoms with E-state index in [-0.39, 0.29) is 0 Å². The van der Waals surface area contributed by atoms with Crippen LogP contribution >= 0.6 is 0 Å². The fourth-order valence-electron chi connectivity index (χ4n) is 1.68. The van der Waals surface area contributed by atoms with E-state index < -0.39 is 0 Å². The highest BCUT2D eigenvalue weighted by Gasteiger charge is 1.97. The van der Waals surface area contributed by atoms with Gasteiger partial charge in [0.15, 0.2) is 0 Å². The number of ether oxygens (including phenoxy) is 1. The molecule has 4 nitrogen and oxygen atoms in total. The Balaban J connectivity index is 1.75. The van der Waals surface area contributed by atoms with Gasteiger partial charge in [-0.15, -0.1) is 0 Å². The van der Waals surface area contributed by atoms with Crippen LogP contribution in [0.4, 0.5) is 0 Å². The van der Waals surface area contributed by atoms with Gasteiger partial charge in [-0.25, -0.2) is 9.97 Å². The maximum atomic E-state index is 5.19. The summed E-state index contributed by atoms with van der Waals surface area (Å²) < 4.78 is 5.19. The summed E-state index contributed by atoms with van der Waals surface area (Å²) in [4.78, 5) is 8.31. The molecular weight excluding hydrogens is 226 g/mol. The molecular formula is C14H17N3O. The lowest BCUT2D eigenvalue weighted by Gasteiger charge is -2.05. The minimum atomic E-state index is 0.699. The maximum absolute atomic E-state index is 5.19. The predicted octanol–water partition coefficient (Wildman–Crippen LogP) is 1.82. The van der Waals surface area contributed by atoms with E-state index >= 15 is 0 Å². The topological polar surface area (TPSA) is 47.0 Å². The quantitative estimate of drug-likeness (QED) is 0.786. The number of hydrogen-bond donors (Lipinski definition) is 1. The first-order valence-electron chi connectivity index (χ1n) is 5.98. The third-order valence-corrected chi connectivity index (χ3v) is 2.63. The molecule has 2 aromatic rings. The van der Waals surface area contributed by atoms with E-state index in [0.717, 1.165) is 24.5 Å². The average molecular weight is 243 g/mol. The van der Waals surface area contributed by atoms with Crippen LogP contribution < -0.4 is 10.1 Å². The van der Waals surface area contributed by atoms with E-state index in [1.807, 2.05) is 18.2 Å². The summed E-state index contributed by atoms with van der Waals surface area (Å²) in [5, 5.41) is 3.32. The molecule has 1 aromatic heterocycles. The van der Waals surface area contributed by atoms with E-state index in [9.17, 15) is 0 Å². The van der Waals surface area contributed by atoms with Crippen molar-refractivity contribution in [3.05, 3.63) is 54.1 Å². The Morgan fingerprint density at radius 3 is 2.78 bits per heavy atom.